The van der Waals surface area contributed by atoms with Gasteiger partial charge >= 0.3 is 0 Å². The Labute approximate surface area is 105 Å². The number of ether oxygens (including phenoxy) is 1. The maximum Gasteiger partial charge on any atom is 0.137 e. The molecule has 3 nitrogen and oxygen atoms in total. The van der Waals surface area contributed by atoms with Gasteiger partial charge in [-0.1, -0.05) is 20.8 Å². The smallest absolute Gasteiger partial charge is 0.137 e. The van der Waals surface area contributed by atoms with Crippen LogP contribution in [0.2, 0.25) is 0 Å². The number of hydrogen-bond donors (Lipinski definition) is 1. The van der Waals surface area contributed by atoms with Gasteiger partial charge in [0.15, 0.2) is 0 Å². The minimum absolute atomic E-state index is 0.196. The van der Waals surface area contributed by atoms with E-state index in [4.69, 9.17) is 4.74 Å². The van der Waals surface area contributed by atoms with Crippen LogP contribution in [-0.4, -0.2) is 18.6 Å². The molecule has 1 aromatic rings. The second kappa shape index (κ2) is 6.01. The molecule has 1 unspecified atom stereocenters. The van der Waals surface area contributed by atoms with Crippen molar-refractivity contribution in [2.75, 3.05) is 13.7 Å². The van der Waals surface area contributed by atoms with E-state index in [1.54, 1.807) is 6.20 Å². The predicted molar refractivity (Wildman–Crippen MR) is 71.3 cm³/mol. The van der Waals surface area contributed by atoms with Gasteiger partial charge in [0.2, 0.25) is 0 Å². The summed E-state index contributed by atoms with van der Waals surface area (Å²) in [5, 5.41) is 3.38. The van der Waals surface area contributed by atoms with E-state index in [-0.39, 0.29) is 5.41 Å². The van der Waals surface area contributed by atoms with Gasteiger partial charge in [0.1, 0.15) is 5.75 Å². The van der Waals surface area contributed by atoms with E-state index in [9.17, 15) is 0 Å². The average Bonchev–Trinajstić information content (AvgIpc) is 2.30. The van der Waals surface area contributed by atoms with Crippen molar-refractivity contribution in [1.29, 1.82) is 0 Å². The Morgan fingerprint density at radius 2 is 2.06 bits per heavy atom. The van der Waals surface area contributed by atoms with Gasteiger partial charge in [-0.05, 0) is 37.4 Å². The number of nitrogens with zero attached hydrogens (tertiary/aromatic N) is 1. The Hall–Kier alpha value is -1.09. The number of rotatable bonds is 6. The summed E-state index contributed by atoms with van der Waals surface area (Å²) in [5.41, 5.74) is 1.38. The second-order valence-electron chi connectivity index (χ2n) is 4.95. The molecule has 0 bridgehead atoms. The third-order valence-electron chi connectivity index (χ3n) is 3.36. The van der Waals surface area contributed by atoms with Crippen molar-refractivity contribution < 1.29 is 4.74 Å². The fraction of sp³-hybridized carbons (Fsp3) is 0.643. The number of aromatic nitrogens is 1. The topological polar surface area (TPSA) is 34.1 Å². The Bertz CT molecular complexity index is 350. The zero-order valence-corrected chi connectivity index (χ0v) is 11.6. The third kappa shape index (κ3) is 3.43. The summed E-state index contributed by atoms with van der Waals surface area (Å²) < 4.78 is 5.50. The first-order valence-corrected chi connectivity index (χ1v) is 6.30. The first kappa shape index (κ1) is 14.0. The highest BCUT2D eigenvalue weighted by molar-refractivity contribution is 5.27. The molecule has 96 valence electrons. The molecular formula is C14H24N2O. The summed E-state index contributed by atoms with van der Waals surface area (Å²) in [6, 6.07) is 2.37. The Kier molecular flexibility index (Phi) is 4.94. The molecule has 0 radical (unpaired) electrons. The molecule has 0 fully saturated rings. The first-order valence-electron chi connectivity index (χ1n) is 6.30. The Morgan fingerprint density at radius 1 is 1.35 bits per heavy atom. The normalized spacial score (nSPS) is 13.5. The van der Waals surface area contributed by atoms with Gasteiger partial charge in [0.05, 0.1) is 12.8 Å². The molecule has 0 aromatic carbocycles. The second-order valence-corrected chi connectivity index (χ2v) is 4.95. The van der Waals surface area contributed by atoms with E-state index in [0.717, 1.165) is 12.2 Å². The highest BCUT2D eigenvalue weighted by atomic mass is 16.5. The van der Waals surface area contributed by atoms with Crippen LogP contribution in [0.15, 0.2) is 18.5 Å². The van der Waals surface area contributed by atoms with Crippen LogP contribution in [0, 0.1) is 5.41 Å². The Morgan fingerprint density at radius 3 is 2.59 bits per heavy atom. The molecule has 0 saturated heterocycles. The van der Waals surface area contributed by atoms with Crippen LogP contribution >= 0.6 is 0 Å². The number of hydrogen-bond acceptors (Lipinski definition) is 3. The fourth-order valence-electron chi connectivity index (χ4n) is 2.05. The van der Waals surface area contributed by atoms with E-state index >= 15 is 0 Å². The van der Waals surface area contributed by atoms with E-state index in [2.05, 4.69) is 37.1 Å². The molecule has 17 heavy (non-hydrogen) atoms. The van der Waals surface area contributed by atoms with Crippen LogP contribution in [0.3, 0.4) is 0 Å². The van der Waals surface area contributed by atoms with Crippen molar-refractivity contribution in [2.24, 2.45) is 5.41 Å². The summed E-state index contributed by atoms with van der Waals surface area (Å²) >= 11 is 0. The van der Waals surface area contributed by atoms with Gasteiger partial charge in [0, 0.05) is 12.2 Å². The molecule has 0 aliphatic rings. The summed E-state index contributed by atoms with van der Waals surface area (Å²) in [4.78, 5) is 4.25. The molecule has 0 saturated carbocycles. The highest BCUT2D eigenvalue weighted by Gasteiger charge is 2.28. The highest BCUT2D eigenvalue weighted by Crippen LogP contribution is 2.36. The molecule has 3 heteroatoms. The third-order valence-corrected chi connectivity index (χ3v) is 3.36. The quantitative estimate of drug-likeness (QED) is 0.823. The zero-order chi connectivity index (χ0) is 12.9. The number of nitrogens with one attached hydrogen (secondary N) is 1. The minimum Gasteiger partial charge on any atom is -0.492 e. The minimum atomic E-state index is 0.196. The van der Waals surface area contributed by atoms with Crippen molar-refractivity contribution >= 4 is 0 Å². The first-order chi connectivity index (χ1) is 8.05. The summed E-state index contributed by atoms with van der Waals surface area (Å²) in [6.07, 6.45) is 4.79. The van der Waals surface area contributed by atoms with Gasteiger partial charge in [-0.15, -0.1) is 0 Å². The maximum absolute atomic E-state index is 5.50. The van der Waals surface area contributed by atoms with E-state index < -0.39 is 0 Å². The van der Waals surface area contributed by atoms with Gasteiger partial charge in [0.25, 0.3) is 0 Å². The monoisotopic (exact) mass is 236 g/mol. The van der Waals surface area contributed by atoms with Crippen molar-refractivity contribution in [2.45, 2.75) is 40.2 Å². The molecule has 0 amide bonds. The van der Waals surface area contributed by atoms with Crippen LogP contribution in [0.25, 0.3) is 0 Å². The molecule has 1 heterocycles. The summed E-state index contributed by atoms with van der Waals surface area (Å²) in [6.45, 7) is 9.40. The summed E-state index contributed by atoms with van der Waals surface area (Å²) in [5.74, 6) is 0.845. The van der Waals surface area contributed by atoms with Crippen LogP contribution in [0.4, 0.5) is 0 Å². The molecule has 1 aromatic heterocycles. The van der Waals surface area contributed by atoms with E-state index in [1.807, 2.05) is 20.2 Å². The molecule has 0 aliphatic carbocycles. The Balaban J connectivity index is 2.99. The van der Waals surface area contributed by atoms with Gasteiger partial charge in [-0.3, -0.25) is 4.98 Å². The van der Waals surface area contributed by atoms with Crippen molar-refractivity contribution in [3.8, 4) is 5.75 Å². The molecule has 0 spiro atoms. The van der Waals surface area contributed by atoms with Crippen molar-refractivity contribution in [3.63, 3.8) is 0 Å². The van der Waals surface area contributed by atoms with Crippen LogP contribution in [0.5, 0.6) is 5.75 Å². The van der Waals surface area contributed by atoms with Crippen molar-refractivity contribution in [3.05, 3.63) is 24.0 Å². The van der Waals surface area contributed by atoms with Crippen molar-refractivity contribution in [1.82, 2.24) is 10.3 Å². The molecule has 1 atom stereocenters. The predicted octanol–water partition coefficient (Wildman–Crippen LogP) is 3.18. The van der Waals surface area contributed by atoms with Crippen LogP contribution < -0.4 is 10.1 Å². The lowest BCUT2D eigenvalue weighted by atomic mass is 9.79. The van der Waals surface area contributed by atoms with Gasteiger partial charge < -0.3 is 10.1 Å². The van der Waals surface area contributed by atoms with Crippen LogP contribution in [0.1, 0.15) is 45.7 Å². The average molecular weight is 236 g/mol. The van der Waals surface area contributed by atoms with Gasteiger partial charge in [-0.2, -0.15) is 0 Å². The molecule has 1 rings (SSSR count). The SMILES string of the molecule is CCOc1cncc(C(NC)C(C)(C)CC)c1. The largest absolute Gasteiger partial charge is 0.492 e. The molecule has 1 N–H and O–H groups in total. The lowest BCUT2D eigenvalue weighted by Crippen LogP contribution is -2.31. The molecular weight excluding hydrogens is 212 g/mol. The number of pyridine rings is 1. The lowest BCUT2D eigenvalue weighted by Gasteiger charge is -2.33. The van der Waals surface area contributed by atoms with E-state index in [1.165, 1.54) is 5.56 Å². The fourth-order valence-corrected chi connectivity index (χ4v) is 2.05. The zero-order valence-electron chi connectivity index (χ0n) is 11.6. The van der Waals surface area contributed by atoms with Crippen LogP contribution in [-0.2, 0) is 0 Å². The standard InChI is InChI=1S/C14H24N2O/c1-6-14(3,4)13(15-5)11-8-12(17-7-2)10-16-9-11/h8-10,13,15H,6-7H2,1-5H3. The maximum atomic E-state index is 5.50. The van der Waals surface area contributed by atoms with E-state index in [0.29, 0.717) is 12.6 Å². The lowest BCUT2D eigenvalue weighted by molar-refractivity contribution is 0.244. The molecule has 0 aliphatic heterocycles. The summed E-state index contributed by atoms with van der Waals surface area (Å²) in [7, 11) is 2.00. The van der Waals surface area contributed by atoms with Gasteiger partial charge in [-0.25, -0.2) is 0 Å².